The second-order valence-corrected chi connectivity index (χ2v) is 9.99. The van der Waals surface area contributed by atoms with Crippen LogP contribution < -0.4 is 20.1 Å². The standard InChI is InChI=1S/C31H36N2O5/c1-6-32-27-16-29-25(13-19(27)3)31(26-14-20(4)28(33-7-2)17-30(26)37-29)24-15-23(35-12-8-9-21(5)34)11-10-22(24)18-36-38-31/h10-11,13-17,32-33H,6-9,12,18H2,1-5H3. The highest BCUT2D eigenvalue weighted by Crippen LogP contribution is 2.56. The van der Waals surface area contributed by atoms with Gasteiger partial charge in [0, 0.05) is 59.7 Å². The number of carbonyl (C=O) groups is 1. The Hall–Kier alpha value is -3.55. The van der Waals surface area contributed by atoms with Gasteiger partial charge in [0.15, 0.2) is 5.60 Å². The third-order valence-corrected chi connectivity index (χ3v) is 7.17. The Kier molecular flexibility index (Phi) is 7.32. The van der Waals surface area contributed by atoms with Gasteiger partial charge in [-0.25, -0.2) is 9.78 Å². The second kappa shape index (κ2) is 10.7. The maximum absolute atomic E-state index is 11.4. The monoisotopic (exact) mass is 516 g/mol. The van der Waals surface area contributed by atoms with Crippen LogP contribution >= 0.6 is 0 Å². The van der Waals surface area contributed by atoms with Gasteiger partial charge in [-0.2, -0.15) is 0 Å². The summed E-state index contributed by atoms with van der Waals surface area (Å²) < 4.78 is 12.6. The predicted molar refractivity (Wildman–Crippen MR) is 148 cm³/mol. The molecule has 0 bridgehead atoms. The van der Waals surface area contributed by atoms with Crippen LogP contribution in [-0.2, 0) is 26.8 Å². The molecular formula is C31H36N2O5. The summed E-state index contributed by atoms with van der Waals surface area (Å²) in [6.07, 6.45) is 1.18. The van der Waals surface area contributed by atoms with Crippen molar-refractivity contribution in [3.8, 4) is 17.2 Å². The number of hydrogen-bond acceptors (Lipinski definition) is 7. The number of ketones is 1. The van der Waals surface area contributed by atoms with Gasteiger partial charge >= 0.3 is 0 Å². The molecular weight excluding hydrogens is 480 g/mol. The van der Waals surface area contributed by atoms with Gasteiger partial charge in [0.25, 0.3) is 0 Å². The fourth-order valence-electron chi connectivity index (χ4n) is 5.34. The zero-order valence-electron chi connectivity index (χ0n) is 22.8. The van der Waals surface area contributed by atoms with E-state index in [0.717, 1.165) is 75.1 Å². The molecule has 2 aliphatic rings. The van der Waals surface area contributed by atoms with E-state index in [4.69, 9.17) is 19.2 Å². The van der Waals surface area contributed by atoms with Crippen LogP contribution in [0.3, 0.4) is 0 Å². The third kappa shape index (κ3) is 4.61. The van der Waals surface area contributed by atoms with Gasteiger partial charge in [-0.3, -0.25) is 0 Å². The lowest BCUT2D eigenvalue weighted by molar-refractivity contribution is -0.364. The summed E-state index contributed by atoms with van der Waals surface area (Å²) in [4.78, 5) is 23.6. The first kappa shape index (κ1) is 26.1. The van der Waals surface area contributed by atoms with Crippen LogP contribution in [0.4, 0.5) is 11.4 Å². The van der Waals surface area contributed by atoms with Gasteiger partial charge < -0.3 is 24.9 Å². The molecule has 0 radical (unpaired) electrons. The van der Waals surface area contributed by atoms with Crippen molar-refractivity contribution in [2.45, 2.75) is 59.7 Å². The molecule has 0 atom stereocenters. The Balaban J connectivity index is 1.69. The zero-order valence-corrected chi connectivity index (χ0v) is 22.8. The van der Waals surface area contributed by atoms with E-state index in [9.17, 15) is 4.79 Å². The average Bonchev–Trinajstić information content (AvgIpc) is 2.89. The number of benzene rings is 3. The Morgan fingerprint density at radius 1 is 0.921 bits per heavy atom. The number of nitrogens with one attached hydrogen (secondary N) is 2. The van der Waals surface area contributed by atoms with E-state index in [1.54, 1.807) is 6.92 Å². The van der Waals surface area contributed by atoms with Gasteiger partial charge in [0.2, 0.25) is 0 Å². The van der Waals surface area contributed by atoms with E-state index < -0.39 is 5.60 Å². The summed E-state index contributed by atoms with van der Waals surface area (Å²) in [6, 6.07) is 14.4. The summed E-state index contributed by atoms with van der Waals surface area (Å²) in [6.45, 7) is 12.3. The van der Waals surface area contributed by atoms with Crippen LogP contribution in [-0.4, -0.2) is 25.5 Å². The molecule has 3 aromatic rings. The van der Waals surface area contributed by atoms with Crippen molar-refractivity contribution in [2.75, 3.05) is 30.3 Å². The van der Waals surface area contributed by atoms with Gasteiger partial charge in [0.1, 0.15) is 29.6 Å². The summed E-state index contributed by atoms with van der Waals surface area (Å²) in [5, 5.41) is 6.88. The minimum absolute atomic E-state index is 0.165. The summed E-state index contributed by atoms with van der Waals surface area (Å²) in [5.41, 5.74) is 6.92. The van der Waals surface area contributed by atoms with Gasteiger partial charge in [-0.1, -0.05) is 6.07 Å². The Morgan fingerprint density at radius 2 is 1.55 bits per heavy atom. The van der Waals surface area contributed by atoms with Crippen LogP contribution in [0.25, 0.3) is 0 Å². The molecule has 2 aliphatic heterocycles. The summed E-state index contributed by atoms with van der Waals surface area (Å²) in [5.74, 6) is 2.33. The lowest BCUT2D eigenvalue weighted by Crippen LogP contribution is -2.39. The van der Waals surface area contributed by atoms with E-state index in [2.05, 4.69) is 50.5 Å². The first-order chi connectivity index (χ1) is 18.4. The molecule has 0 amide bonds. The van der Waals surface area contributed by atoms with E-state index in [-0.39, 0.29) is 5.78 Å². The first-order valence-corrected chi connectivity index (χ1v) is 13.4. The molecule has 7 nitrogen and oxygen atoms in total. The number of ether oxygens (including phenoxy) is 2. The normalized spacial score (nSPS) is 14.7. The average molecular weight is 517 g/mol. The lowest BCUT2D eigenvalue weighted by Gasteiger charge is -2.43. The zero-order chi connectivity index (χ0) is 26.9. The first-order valence-electron chi connectivity index (χ1n) is 13.4. The smallest absolute Gasteiger partial charge is 0.186 e. The predicted octanol–water partition coefficient (Wildman–Crippen LogP) is 6.77. The molecule has 38 heavy (non-hydrogen) atoms. The van der Waals surface area contributed by atoms with Crippen molar-refractivity contribution in [3.05, 3.63) is 75.8 Å². The molecule has 200 valence electrons. The van der Waals surface area contributed by atoms with E-state index >= 15 is 0 Å². The van der Waals surface area contributed by atoms with Crippen molar-refractivity contribution < 1.29 is 24.0 Å². The maximum Gasteiger partial charge on any atom is 0.186 e. The van der Waals surface area contributed by atoms with Crippen molar-refractivity contribution in [1.82, 2.24) is 0 Å². The molecule has 0 aliphatic carbocycles. The lowest BCUT2D eigenvalue weighted by atomic mass is 9.75. The fraction of sp³-hybridized carbons (Fsp3) is 0.387. The summed E-state index contributed by atoms with van der Waals surface area (Å²) >= 11 is 0. The van der Waals surface area contributed by atoms with Gasteiger partial charge in [-0.05, 0) is 82.0 Å². The van der Waals surface area contributed by atoms with Gasteiger partial charge in [0.05, 0.1) is 6.61 Å². The molecule has 0 aromatic heterocycles. The van der Waals surface area contributed by atoms with Crippen LogP contribution in [0, 0.1) is 13.8 Å². The molecule has 0 fully saturated rings. The largest absolute Gasteiger partial charge is 0.494 e. The molecule has 2 N–H and O–H groups in total. The van der Waals surface area contributed by atoms with Crippen LogP contribution in [0.2, 0.25) is 0 Å². The van der Waals surface area contributed by atoms with Crippen molar-refractivity contribution in [1.29, 1.82) is 0 Å². The second-order valence-electron chi connectivity index (χ2n) is 9.99. The minimum atomic E-state index is -1.04. The molecule has 3 aromatic carbocycles. The van der Waals surface area contributed by atoms with E-state index in [1.807, 2.05) is 30.3 Å². The SMILES string of the molecule is CCNc1cc2c(cc1C)C1(OOCc3ccc(OCCCC(C)=O)cc31)c1cc(C)c(NCC)cc1O2. The van der Waals surface area contributed by atoms with Gasteiger partial charge in [-0.15, -0.1) is 0 Å². The number of anilines is 2. The third-order valence-electron chi connectivity index (χ3n) is 7.17. The molecule has 1 spiro atoms. The maximum atomic E-state index is 11.4. The number of rotatable bonds is 9. The molecule has 7 heteroatoms. The highest BCUT2D eigenvalue weighted by Gasteiger charge is 2.50. The van der Waals surface area contributed by atoms with E-state index in [0.29, 0.717) is 26.1 Å². The highest BCUT2D eigenvalue weighted by molar-refractivity contribution is 5.75. The molecule has 0 saturated heterocycles. The minimum Gasteiger partial charge on any atom is -0.494 e. The quantitative estimate of drug-likeness (QED) is 0.240. The van der Waals surface area contributed by atoms with Crippen LogP contribution in [0.15, 0.2) is 42.5 Å². The highest BCUT2D eigenvalue weighted by atomic mass is 17.2. The number of hydrogen-bond donors (Lipinski definition) is 2. The van der Waals surface area contributed by atoms with Crippen LogP contribution in [0.1, 0.15) is 67.0 Å². The van der Waals surface area contributed by atoms with E-state index in [1.165, 1.54) is 0 Å². The molecule has 5 rings (SSSR count). The number of fused-ring (bicyclic) bond motifs is 6. The van der Waals surface area contributed by atoms with Crippen molar-refractivity contribution >= 4 is 17.2 Å². The molecule has 0 unspecified atom stereocenters. The molecule has 2 heterocycles. The molecule has 0 saturated carbocycles. The van der Waals surface area contributed by atoms with Crippen LogP contribution in [0.5, 0.6) is 17.2 Å². The Bertz CT molecular complexity index is 1310. The summed E-state index contributed by atoms with van der Waals surface area (Å²) in [7, 11) is 0. The number of Topliss-reactive ketones (excluding diaryl/α,β-unsaturated/α-hetero) is 1. The van der Waals surface area contributed by atoms with Crippen molar-refractivity contribution in [2.24, 2.45) is 0 Å². The Labute approximate surface area is 224 Å². The fourth-order valence-corrected chi connectivity index (χ4v) is 5.34. The number of aryl methyl sites for hydroxylation is 2. The van der Waals surface area contributed by atoms with Crippen molar-refractivity contribution in [3.63, 3.8) is 0 Å². The number of carbonyl (C=O) groups excluding carboxylic acids is 1. The Morgan fingerprint density at radius 3 is 2.13 bits per heavy atom. The topological polar surface area (TPSA) is 78.0 Å².